The first-order chi connectivity index (χ1) is 9.72. The highest BCUT2D eigenvalue weighted by atomic mass is 79.9. The maximum absolute atomic E-state index is 6.08. The van der Waals surface area contributed by atoms with Crippen LogP contribution < -0.4 is 5.73 Å². The number of rotatable bonds is 3. The van der Waals surface area contributed by atoms with Crippen molar-refractivity contribution in [2.75, 3.05) is 13.2 Å². The SMILES string of the molecule is NC1CCOCC1c1nc(Cc2cccc(Br)c2)no1. The van der Waals surface area contributed by atoms with E-state index >= 15 is 0 Å². The summed E-state index contributed by atoms with van der Waals surface area (Å²) in [6.45, 7) is 1.26. The number of hydrogen-bond acceptors (Lipinski definition) is 5. The van der Waals surface area contributed by atoms with Gasteiger partial charge >= 0.3 is 0 Å². The van der Waals surface area contributed by atoms with Gasteiger partial charge in [-0.25, -0.2) is 0 Å². The molecule has 0 aliphatic carbocycles. The van der Waals surface area contributed by atoms with Crippen LogP contribution in [0.2, 0.25) is 0 Å². The first kappa shape index (κ1) is 13.7. The van der Waals surface area contributed by atoms with Gasteiger partial charge in [0.15, 0.2) is 5.82 Å². The summed E-state index contributed by atoms with van der Waals surface area (Å²) in [7, 11) is 0. The topological polar surface area (TPSA) is 74.2 Å². The summed E-state index contributed by atoms with van der Waals surface area (Å²) in [6.07, 6.45) is 1.47. The Labute approximate surface area is 125 Å². The van der Waals surface area contributed by atoms with Gasteiger partial charge in [-0.05, 0) is 24.1 Å². The summed E-state index contributed by atoms with van der Waals surface area (Å²) in [5.74, 6) is 1.27. The van der Waals surface area contributed by atoms with Gasteiger partial charge in [-0.2, -0.15) is 4.98 Å². The molecular formula is C14H16BrN3O2. The molecule has 1 saturated heterocycles. The molecule has 2 N–H and O–H groups in total. The zero-order valence-electron chi connectivity index (χ0n) is 11.0. The smallest absolute Gasteiger partial charge is 0.233 e. The zero-order chi connectivity index (χ0) is 13.9. The van der Waals surface area contributed by atoms with E-state index in [1.807, 2.05) is 24.3 Å². The molecule has 1 aliphatic rings. The first-order valence-corrected chi connectivity index (χ1v) is 7.42. The highest BCUT2D eigenvalue weighted by Gasteiger charge is 2.29. The predicted molar refractivity (Wildman–Crippen MR) is 77.4 cm³/mol. The van der Waals surface area contributed by atoms with Crippen LogP contribution in [-0.4, -0.2) is 29.4 Å². The van der Waals surface area contributed by atoms with Gasteiger partial charge in [0.2, 0.25) is 5.89 Å². The second-order valence-corrected chi connectivity index (χ2v) is 5.91. The van der Waals surface area contributed by atoms with E-state index in [0.717, 1.165) is 16.5 Å². The maximum Gasteiger partial charge on any atom is 0.233 e. The van der Waals surface area contributed by atoms with Crippen molar-refractivity contribution in [3.05, 3.63) is 46.0 Å². The number of benzene rings is 1. The van der Waals surface area contributed by atoms with Crippen LogP contribution in [0.3, 0.4) is 0 Å². The van der Waals surface area contributed by atoms with E-state index in [4.69, 9.17) is 15.0 Å². The van der Waals surface area contributed by atoms with Crippen molar-refractivity contribution < 1.29 is 9.26 Å². The van der Waals surface area contributed by atoms with Crippen LogP contribution in [0.15, 0.2) is 33.3 Å². The molecule has 6 heteroatoms. The molecule has 2 unspecified atom stereocenters. The van der Waals surface area contributed by atoms with Crippen molar-refractivity contribution in [3.8, 4) is 0 Å². The second-order valence-electron chi connectivity index (χ2n) is 4.99. The van der Waals surface area contributed by atoms with E-state index in [-0.39, 0.29) is 12.0 Å². The summed E-state index contributed by atoms with van der Waals surface area (Å²) in [5.41, 5.74) is 7.21. The normalized spacial score (nSPS) is 22.9. The molecule has 2 heterocycles. The largest absolute Gasteiger partial charge is 0.381 e. The van der Waals surface area contributed by atoms with Crippen LogP contribution in [0.4, 0.5) is 0 Å². The Morgan fingerprint density at radius 1 is 1.40 bits per heavy atom. The van der Waals surface area contributed by atoms with Crippen molar-refractivity contribution in [1.29, 1.82) is 0 Å². The van der Waals surface area contributed by atoms with Crippen LogP contribution in [0, 0.1) is 0 Å². The van der Waals surface area contributed by atoms with Crippen molar-refractivity contribution >= 4 is 15.9 Å². The number of hydrogen-bond donors (Lipinski definition) is 1. The Morgan fingerprint density at radius 2 is 2.30 bits per heavy atom. The van der Waals surface area contributed by atoms with Crippen LogP contribution in [0.5, 0.6) is 0 Å². The average Bonchev–Trinajstić information content (AvgIpc) is 2.87. The molecular weight excluding hydrogens is 322 g/mol. The fourth-order valence-electron chi connectivity index (χ4n) is 2.33. The molecule has 0 bridgehead atoms. The lowest BCUT2D eigenvalue weighted by atomic mass is 9.97. The highest BCUT2D eigenvalue weighted by Crippen LogP contribution is 2.23. The molecule has 1 aromatic carbocycles. The third kappa shape index (κ3) is 3.08. The van der Waals surface area contributed by atoms with Crippen molar-refractivity contribution in [3.63, 3.8) is 0 Å². The Balaban J connectivity index is 1.73. The predicted octanol–water partition coefficient (Wildman–Crippen LogP) is 2.25. The molecule has 106 valence electrons. The Morgan fingerprint density at radius 3 is 3.10 bits per heavy atom. The third-order valence-electron chi connectivity index (χ3n) is 3.46. The van der Waals surface area contributed by atoms with Gasteiger partial charge in [0.05, 0.1) is 12.5 Å². The fraction of sp³-hybridized carbons (Fsp3) is 0.429. The van der Waals surface area contributed by atoms with Crippen LogP contribution in [0.25, 0.3) is 0 Å². The zero-order valence-corrected chi connectivity index (χ0v) is 12.5. The second kappa shape index (κ2) is 6.03. The van der Waals surface area contributed by atoms with Gasteiger partial charge in [-0.1, -0.05) is 33.2 Å². The molecule has 1 fully saturated rings. The number of nitrogens with zero attached hydrogens (tertiary/aromatic N) is 2. The lowest BCUT2D eigenvalue weighted by molar-refractivity contribution is 0.0590. The molecule has 0 spiro atoms. The summed E-state index contributed by atoms with van der Waals surface area (Å²) >= 11 is 3.45. The first-order valence-electron chi connectivity index (χ1n) is 6.62. The van der Waals surface area contributed by atoms with E-state index in [9.17, 15) is 0 Å². The molecule has 1 aromatic heterocycles. The van der Waals surface area contributed by atoms with E-state index < -0.39 is 0 Å². The molecule has 2 atom stereocenters. The van der Waals surface area contributed by atoms with Gasteiger partial charge < -0.3 is 15.0 Å². The molecule has 2 aromatic rings. The van der Waals surface area contributed by atoms with Gasteiger partial charge in [-0.3, -0.25) is 0 Å². The van der Waals surface area contributed by atoms with Crippen LogP contribution >= 0.6 is 15.9 Å². The Bertz CT molecular complexity index is 587. The summed E-state index contributed by atoms with van der Waals surface area (Å²) in [6, 6.07) is 8.10. The third-order valence-corrected chi connectivity index (χ3v) is 3.96. The number of ether oxygens (including phenoxy) is 1. The number of aromatic nitrogens is 2. The molecule has 0 saturated carbocycles. The van der Waals surface area contributed by atoms with Crippen LogP contribution in [-0.2, 0) is 11.2 Å². The van der Waals surface area contributed by atoms with E-state index in [2.05, 4.69) is 26.1 Å². The Hall–Kier alpha value is -1.24. The van der Waals surface area contributed by atoms with Crippen LogP contribution in [0.1, 0.15) is 29.6 Å². The van der Waals surface area contributed by atoms with Crippen molar-refractivity contribution in [1.82, 2.24) is 10.1 Å². The number of nitrogens with two attached hydrogens (primary N) is 1. The standard InChI is InChI=1S/C14H16BrN3O2/c15-10-3-1-2-9(6-10)7-13-17-14(20-18-13)11-8-19-5-4-12(11)16/h1-3,6,11-12H,4-5,7-8,16H2. The lowest BCUT2D eigenvalue weighted by Crippen LogP contribution is -2.37. The van der Waals surface area contributed by atoms with E-state index in [0.29, 0.717) is 31.3 Å². The summed E-state index contributed by atoms with van der Waals surface area (Å²) < 4.78 is 11.8. The molecule has 1 aliphatic heterocycles. The van der Waals surface area contributed by atoms with E-state index in [1.165, 1.54) is 0 Å². The number of halogens is 1. The average molecular weight is 338 g/mol. The van der Waals surface area contributed by atoms with E-state index in [1.54, 1.807) is 0 Å². The summed E-state index contributed by atoms with van der Waals surface area (Å²) in [4.78, 5) is 4.46. The molecule has 5 nitrogen and oxygen atoms in total. The minimum Gasteiger partial charge on any atom is -0.381 e. The highest BCUT2D eigenvalue weighted by molar-refractivity contribution is 9.10. The lowest BCUT2D eigenvalue weighted by Gasteiger charge is -2.25. The van der Waals surface area contributed by atoms with Gasteiger partial charge in [0.1, 0.15) is 0 Å². The molecule has 3 rings (SSSR count). The molecule has 20 heavy (non-hydrogen) atoms. The molecule has 0 radical (unpaired) electrons. The quantitative estimate of drug-likeness (QED) is 0.929. The van der Waals surface area contributed by atoms with Gasteiger partial charge in [0, 0.05) is 23.5 Å². The minimum absolute atomic E-state index is 0.00695. The van der Waals surface area contributed by atoms with Gasteiger partial charge in [-0.15, -0.1) is 0 Å². The Kier molecular flexibility index (Phi) is 4.14. The van der Waals surface area contributed by atoms with Crippen molar-refractivity contribution in [2.24, 2.45) is 5.73 Å². The fourth-order valence-corrected chi connectivity index (χ4v) is 2.77. The molecule has 0 amide bonds. The van der Waals surface area contributed by atoms with Gasteiger partial charge in [0.25, 0.3) is 0 Å². The summed E-state index contributed by atoms with van der Waals surface area (Å²) in [5, 5.41) is 4.04. The minimum atomic E-state index is 0.00695. The monoisotopic (exact) mass is 337 g/mol. The maximum atomic E-state index is 6.08. The van der Waals surface area contributed by atoms with Crippen molar-refractivity contribution in [2.45, 2.75) is 24.8 Å².